The summed E-state index contributed by atoms with van der Waals surface area (Å²) >= 11 is 5.59. The fourth-order valence-corrected chi connectivity index (χ4v) is 3.30. The van der Waals surface area contributed by atoms with E-state index in [4.69, 9.17) is 21.7 Å². The summed E-state index contributed by atoms with van der Waals surface area (Å²) in [7, 11) is 3.23. The number of hydrogen-bond acceptors (Lipinski definition) is 3. The van der Waals surface area contributed by atoms with E-state index in [0.717, 1.165) is 16.8 Å². The van der Waals surface area contributed by atoms with Crippen LogP contribution in [-0.4, -0.2) is 19.3 Å². The number of rotatable bonds is 6. The highest BCUT2D eigenvalue weighted by Crippen LogP contribution is 2.30. The molecule has 0 fully saturated rings. The van der Waals surface area contributed by atoms with Crippen molar-refractivity contribution in [3.8, 4) is 11.5 Å². The molecule has 0 radical (unpaired) electrons. The highest BCUT2D eigenvalue weighted by Gasteiger charge is 2.16. The van der Waals surface area contributed by atoms with Gasteiger partial charge in [0.1, 0.15) is 0 Å². The van der Waals surface area contributed by atoms with Crippen molar-refractivity contribution in [1.82, 2.24) is 5.32 Å². The molecule has 28 heavy (non-hydrogen) atoms. The standard InChI is InChI=1S/C23H24N2O2S/c1-16-8-7-11-18(14-16)22(17-9-5-4-6-10-17)25-23(28)24-19-12-13-20(26-2)21(15-19)27-3/h4-15,22H,1-3H3,(H2,24,25,28)/t22-/m1/s1. The minimum atomic E-state index is -0.0544. The number of thiocarbonyl (C=S) groups is 1. The molecule has 0 aliphatic rings. The number of anilines is 1. The van der Waals surface area contributed by atoms with Crippen molar-refractivity contribution in [2.24, 2.45) is 0 Å². The number of methoxy groups -OCH3 is 2. The highest BCUT2D eigenvalue weighted by atomic mass is 32.1. The topological polar surface area (TPSA) is 42.5 Å². The molecule has 1 atom stereocenters. The van der Waals surface area contributed by atoms with Crippen molar-refractivity contribution in [2.45, 2.75) is 13.0 Å². The maximum atomic E-state index is 5.59. The lowest BCUT2D eigenvalue weighted by molar-refractivity contribution is 0.355. The lowest BCUT2D eigenvalue weighted by atomic mass is 9.97. The Morgan fingerprint density at radius 1 is 0.821 bits per heavy atom. The Labute approximate surface area is 171 Å². The zero-order chi connectivity index (χ0) is 19.9. The molecule has 3 rings (SSSR count). The predicted molar refractivity (Wildman–Crippen MR) is 118 cm³/mol. The Hall–Kier alpha value is -3.05. The van der Waals surface area contributed by atoms with E-state index in [0.29, 0.717) is 16.6 Å². The second kappa shape index (κ2) is 9.24. The van der Waals surface area contributed by atoms with Gasteiger partial charge in [0.15, 0.2) is 16.6 Å². The first kappa shape index (κ1) is 19.7. The van der Waals surface area contributed by atoms with Gasteiger partial charge < -0.3 is 20.1 Å². The summed E-state index contributed by atoms with van der Waals surface area (Å²) in [6.45, 7) is 2.09. The van der Waals surface area contributed by atoms with E-state index in [1.54, 1.807) is 14.2 Å². The lowest BCUT2D eigenvalue weighted by Gasteiger charge is -2.22. The van der Waals surface area contributed by atoms with E-state index in [-0.39, 0.29) is 6.04 Å². The summed E-state index contributed by atoms with van der Waals surface area (Å²) in [6, 6.07) is 24.3. The number of benzene rings is 3. The van der Waals surface area contributed by atoms with Crippen LogP contribution in [0.15, 0.2) is 72.8 Å². The maximum absolute atomic E-state index is 5.59. The Morgan fingerprint density at radius 2 is 1.54 bits per heavy atom. The molecule has 0 spiro atoms. The van der Waals surface area contributed by atoms with Gasteiger partial charge in [0.05, 0.1) is 20.3 Å². The van der Waals surface area contributed by atoms with Crippen LogP contribution in [0.2, 0.25) is 0 Å². The molecule has 0 aliphatic carbocycles. The van der Waals surface area contributed by atoms with E-state index < -0.39 is 0 Å². The molecule has 5 heteroatoms. The van der Waals surface area contributed by atoms with E-state index >= 15 is 0 Å². The van der Waals surface area contributed by atoms with E-state index in [2.05, 4.69) is 54.0 Å². The average molecular weight is 393 g/mol. The molecule has 0 amide bonds. The Bertz CT molecular complexity index is 944. The third-order valence-electron chi connectivity index (χ3n) is 4.43. The van der Waals surface area contributed by atoms with Crippen LogP contribution in [0.3, 0.4) is 0 Å². The first-order chi connectivity index (χ1) is 13.6. The molecule has 144 valence electrons. The molecule has 3 aromatic carbocycles. The van der Waals surface area contributed by atoms with Crippen molar-refractivity contribution in [3.63, 3.8) is 0 Å². The van der Waals surface area contributed by atoms with Crippen molar-refractivity contribution < 1.29 is 9.47 Å². The van der Waals surface area contributed by atoms with E-state index in [1.165, 1.54) is 5.56 Å². The van der Waals surface area contributed by atoms with Crippen molar-refractivity contribution in [1.29, 1.82) is 0 Å². The zero-order valence-corrected chi connectivity index (χ0v) is 17.0. The quantitative estimate of drug-likeness (QED) is 0.572. The normalized spacial score (nSPS) is 11.4. The largest absolute Gasteiger partial charge is 0.493 e. The summed E-state index contributed by atoms with van der Waals surface area (Å²) in [5.74, 6) is 1.32. The minimum Gasteiger partial charge on any atom is -0.493 e. The van der Waals surface area contributed by atoms with Gasteiger partial charge in [-0.15, -0.1) is 0 Å². The summed E-state index contributed by atoms with van der Waals surface area (Å²) < 4.78 is 10.6. The molecule has 0 aromatic heterocycles. The Kier molecular flexibility index (Phi) is 6.50. The van der Waals surface area contributed by atoms with E-state index in [9.17, 15) is 0 Å². The summed E-state index contributed by atoms with van der Waals surface area (Å²) in [6.07, 6.45) is 0. The summed E-state index contributed by atoms with van der Waals surface area (Å²) in [5, 5.41) is 7.21. The van der Waals surface area contributed by atoms with Gasteiger partial charge in [-0.25, -0.2) is 0 Å². The van der Waals surface area contributed by atoms with Crippen LogP contribution in [0.5, 0.6) is 11.5 Å². The van der Waals surface area contributed by atoms with Gasteiger partial charge in [0.2, 0.25) is 0 Å². The highest BCUT2D eigenvalue weighted by molar-refractivity contribution is 7.80. The summed E-state index contributed by atoms with van der Waals surface area (Å²) in [4.78, 5) is 0. The van der Waals surface area contributed by atoms with Crippen LogP contribution in [-0.2, 0) is 0 Å². The van der Waals surface area contributed by atoms with E-state index in [1.807, 2.05) is 36.4 Å². The van der Waals surface area contributed by atoms with Gasteiger partial charge >= 0.3 is 0 Å². The number of aryl methyl sites for hydroxylation is 1. The molecule has 0 aliphatic heterocycles. The van der Waals surface area contributed by atoms with Crippen molar-refractivity contribution in [3.05, 3.63) is 89.5 Å². The van der Waals surface area contributed by atoms with Gasteiger partial charge in [-0.2, -0.15) is 0 Å². The van der Waals surface area contributed by atoms with Crippen LogP contribution in [0.25, 0.3) is 0 Å². The smallest absolute Gasteiger partial charge is 0.171 e. The molecule has 3 aromatic rings. The van der Waals surface area contributed by atoms with Crippen LogP contribution in [0.1, 0.15) is 22.7 Å². The van der Waals surface area contributed by atoms with Crippen molar-refractivity contribution in [2.75, 3.05) is 19.5 Å². The third-order valence-corrected chi connectivity index (χ3v) is 4.65. The average Bonchev–Trinajstić information content (AvgIpc) is 2.72. The lowest BCUT2D eigenvalue weighted by Crippen LogP contribution is -2.33. The fraction of sp³-hybridized carbons (Fsp3) is 0.174. The first-order valence-electron chi connectivity index (χ1n) is 9.01. The number of hydrogen-bond donors (Lipinski definition) is 2. The van der Waals surface area contributed by atoms with Crippen LogP contribution < -0.4 is 20.1 Å². The minimum absolute atomic E-state index is 0.0544. The van der Waals surface area contributed by atoms with Crippen LogP contribution >= 0.6 is 12.2 Å². The van der Waals surface area contributed by atoms with Gasteiger partial charge in [-0.3, -0.25) is 0 Å². The van der Waals surface area contributed by atoms with Gasteiger partial charge in [0, 0.05) is 11.8 Å². The molecule has 0 saturated heterocycles. The Balaban J connectivity index is 1.82. The second-order valence-electron chi connectivity index (χ2n) is 6.43. The predicted octanol–water partition coefficient (Wildman–Crippen LogP) is 5.09. The van der Waals surface area contributed by atoms with Crippen LogP contribution in [0, 0.1) is 6.92 Å². The monoisotopic (exact) mass is 392 g/mol. The van der Waals surface area contributed by atoms with Crippen molar-refractivity contribution >= 4 is 23.0 Å². The van der Waals surface area contributed by atoms with Crippen LogP contribution in [0.4, 0.5) is 5.69 Å². The molecule has 2 N–H and O–H groups in total. The second-order valence-corrected chi connectivity index (χ2v) is 6.83. The maximum Gasteiger partial charge on any atom is 0.171 e. The van der Waals surface area contributed by atoms with Gasteiger partial charge in [0.25, 0.3) is 0 Å². The molecule has 0 unspecified atom stereocenters. The number of ether oxygens (including phenoxy) is 2. The SMILES string of the molecule is COc1ccc(NC(=S)N[C@H](c2ccccc2)c2cccc(C)c2)cc1OC. The van der Waals surface area contributed by atoms with Gasteiger partial charge in [-0.05, 0) is 42.4 Å². The zero-order valence-electron chi connectivity index (χ0n) is 16.2. The molecule has 4 nitrogen and oxygen atoms in total. The summed E-state index contributed by atoms with van der Waals surface area (Å²) in [5.41, 5.74) is 4.33. The Morgan fingerprint density at radius 3 is 2.21 bits per heavy atom. The number of nitrogens with one attached hydrogen (secondary N) is 2. The molecule has 0 heterocycles. The molecule has 0 saturated carbocycles. The fourth-order valence-electron chi connectivity index (χ4n) is 3.07. The third kappa shape index (κ3) is 4.81. The molecular weight excluding hydrogens is 368 g/mol. The molecular formula is C23H24N2O2S. The first-order valence-corrected chi connectivity index (χ1v) is 9.42. The van der Waals surface area contributed by atoms with Gasteiger partial charge in [-0.1, -0.05) is 60.2 Å². The molecule has 0 bridgehead atoms.